The van der Waals surface area contributed by atoms with Crippen LogP contribution in [-0.2, 0) is 19.7 Å². The highest BCUT2D eigenvalue weighted by atomic mass is 16.5. The molecule has 7 heteroatoms. The minimum Gasteiger partial charge on any atom is -0.493 e. The molecular formula is C29H29N3O4. The normalized spacial score (nSPS) is 13.3. The molecular weight excluding hydrogens is 454 g/mol. The van der Waals surface area contributed by atoms with Gasteiger partial charge in [-0.2, -0.15) is 0 Å². The minimum atomic E-state index is 0.477. The average Bonchev–Trinajstić information content (AvgIpc) is 3.14. The van der Waals surface area contributed by atoms with E-state index >= 15 is 0 Å². The molecule has 0 aliphatic carbocycles. The second kappa shape index (κ2) is 11.1. The molecule has 0 spiro atoms. The van der Waals surface area contributed by atoms with Crippen LogP contribution in [0.2, 0.25) is 0 Å². The summed E-state index contributed by atoms with van der Waals surface area (Å²) in [5.74, 6) is 2.82. The zero-order valence-electron chi connectivity index (χ0n) is 20.5. The lowest BCUT2D eigenvalue weighted by molar-refractivity contribution is 0.216. The van der Waals surface area contributed by atoms with E-state index in [-0.39, 0.29) is 0 Å². The maximum Gasteiger partial charge on any atom is 0.233 e. The van der Waals surface area contributed by atoms with Gasteiger partial charge in [0, 0.05) is 36.8 Å². The van der Waals surface area contributed by atoms with Crippen molar-refractivity contribution in [3.63, 3.8) is 0 Å². The van der Waals surface area contributed by atoms with Gasteiger partial charge >= 0.3 is 0 Å². The van der Waals surface area contributed by atoms with Gasteiger partial charge in [-0.15, -0.1) is 10.2 Å². The third kappa shape index (κ3) is 5.58. The molecule has 36 heavy (non-hydrogen) atoms. The molecule has 0 atom stereocenters. The number of fused-ring (bicyclic) bond motifs is 1. The summed E-state index contributed by atoms with van der Waals surface area (Å²) >= 11 is 0. The Bertz CT molecular complexity index is 1300. The highest BCUT2D eigenvalue weighted by molar-refractivity contribution is 5.66. The molecule has 7 nitrogen and oxygen atoms in total. The number of nitrogens with zero attached hydrogens (tertiary/aromatic N) is 3. The molecule has 0 bridgehead atoms. The van der Waals surface area contributed by atoms with Crippen molar-refractivity contribution in [3.8, 4) is 34.4 Å². The van der Waals surface area contributed by atoms with Gasteiger partial charge in [0.1, 0.15) is 19.0 Å². The molecule has 1 aliphatic heterocycles. The van der Waals surface area contributed by atoms with Gasteiger partial charge in [-0.1, -0.05) is 42.5 Å². The van der Waals surface area contributed by atoms with Crippen molar-refractivity contribution in [1.82, 2.24) is 15.1 Å². The number of methoxy groups -OCH3 is 2. The van der Waals surface area contributed by atoms with Crippen molar-refractivity contribution in [2.24, 2.45) is 0 Å². The van der Waals surface area contributed by atoms with Gasteiger partial charge in [0.15, 0.2) is 11.5 Å². The molecule has 3 aromatic carbocycles. The van der Waals surface area contributed by atoms with Crippen molar-refractivity contribution >= 4 is 0 Å². The lowest BCUT2D eigenvalue weighted by atomic mass is 10.0. The van der Waals surface area contributed by atoms with E-state index in [1.807, 2.05) is 42.5 Å². The lowest BCUT2D eigenvalue weighted by Gasteiger charge is -2.20. The number of rotatable bonds is 8. The first-order valence-corrected chi connectivity index (χ1v) is 11.9. The largest absolute Gasteiger partial charge is 0.493 e. The SMILES string of the molecule is COc1ccc(-c2cc3c(c(OC)c2)OCCN(Cc2cccc(OCc4ccccc4)c2)C3)nn1. The van der Waals surface area contributed by atoms with Crippen molar-refractivity contribution in [3.05, 3.63) is 95.6 Å². The number of benzene rings is 3. The zero-order chi connectivity index (χ0) is 24.7. The predicted molar refractivity (Wildman–Crippen MR) is 137 cm³/mol. The Morgan fingerprint density at radius 1 is 0.861 bits per heavy atom. The maximum absolute atomic E-state index is 6.13. The Balaban J connectivity index is 1.33. The Labute approximate surface area is 211 Å². The van der Waals surface area contributed by atoms with E-state index in [0.717, 1.165) is 53.5 Å². The number of hydrogen-bond acceptors (Lipinski definition) is 7. The average molecular weight is 484 g/mol. The smallest absolute Gasteiger partial charge is 0.233 e. The Morgan fingerprint density at radius 2 is 1.72 bits per heavy atom. The van der Waals surface area contributed by atoms with Crippen LogP contribution in [0.5, 0.6) is 23.1 Å². The summed E-state index contributed by atoms with van der Waals surface area (Å²) in [4.78, 5) is 2.37. The van der Waals surface area contributed by atoms with Crippen LogP contribution >= 0.6 is 0 Å². The molecule has 4 aromatic rings. The molecule has 184 valence electrons. The fourth-order valence-electron chi connectivity index (χ4n) is 4.29. The van der Waals surface area contributed by atoms with E-state index in [0.29, 0.717) is 24.8 Å². The zero-order valence-corrected chi connectivity index (χ0v) is 20.5. The maximum atomic E-state index is 6.13. The summed E-state index contributed by atoms with van der Waals surface area (Å²) in [6.45, 7) is 3.42. The quantitative estimate of drug-likeness (QED) is 0.344. The molecule has 1 aromatic heterocycles. The Kier molecular flexibility index (Phi) is 7.28. The van der Waals surface area contributed by atoms with Gasteiger partial charge < -0.3 is 18.9 Å². The van der Waals surface area contributed by atoms with Crippen LogP contribution in [0, 0.1) is 0 Å². The van der Waals surface area contributed by atoms with E-state index in [1.165, 1.54) is 5.56 Å². The summed E-state index contributed by atoms with van der Waals surface area (Å²) in [5, 5.41) is 8.41. The summed E-state index contributed by atoms with van der Waals surface area (Å²) in [7, 11) is 3.23. The van der Waals surface area contributed by atoms with E-state index in [9.17, 15) is 0 Å². The molecule has 1 aliphatic rings. The minimum absolute atomic E-state index is 0.477. The second-order valence-electron chi connectivity index (χ2n) is 8.61. The lowest BCUT2D eigenvalue weighted by Crippen LogP contribution is -2.25. The summed E-state index contributed by atoms with van der Waals surface area (Å²) < 4.78 is 23.0. The molecule has 0 fully saturated rings. The first-order valence-electron chi connectivity index (χ1n) is 11.9. The van der Waals surface area contributed by atoms with Crippen LogP contribution in [0.15, 0.2) is 78.9 Å². The molecule has 0 radical (unpaired) electrons. The molecule has 0 N–H and O–H groups in total. The van der Waals surface area contributed by atoms with Gasteiger partial charge in [-0.05, 0) is 41.5 Å². The van der Waals surface area contributed by atoms with E-state index in [4.69, 9.17) is 18.9 Å². The molecule has 0 amide bonds. The Hall–Kier alpha value is -4.10. The van der Waals surface area contributed by atoms with E-state index in [1.54, 1.807) is 20.3 Å². The van der Waals surface area contributed by atoms with Crippen LogP contribution in [0.25, 0.3) is 11.3 Å². The van der Waals surface area contributed by atoms with Crippen LogP contribution in [0.4, 0.5) is 0 Å². The summed E-state index contributed by atoms with van der Waals surface area (Å²) in [5.41, 5.74) is 5.05. The van der Waals surface area contributed by atoms with Gasteiger partial charge in [0.25, 0.3) is 0 Å². The second-order valence-corrected chi connectivity index (χ2v) is 8.61. The van der Waals surface area contributed by atoms with E-state index in [2.05, 4.69) is 45.4 Å². The topological polar surface area (TPSA) is 65.9 Å². The highest BCUT2D eigenvalue weighted by Gasteiger charge is 2.21. The first kappa shape index (κ1) is 23.6. The fourth-order valence-corrected chi connectivity index (χ4v) is 4.29. The molecule has 5 rings (SSSR count). The monoisotopic (exact) mass is 483 g/mol. The summed E-state index contributed by atoms with van der Waals surface area (Å²) in [6, 6.07) is 26.2. The van der Waals surface area contributed by atoms with Crippen molar-refractivity contribution in [2.45, 2.75) is 19.7 Å². The molecule has 0 unspecified atom stereocenters. The predicted octanol–water partition coefficient (Wildman–Crippen LogP) is 5.13. The number of aromatic nitrogens is 2. The van der Waals surface area contributed by atoms with Crippen molar-refractivity contribution in [1.29, 1.82) is 0 Å². The third-order valence-electron chi connectivity index (χ3n) is 6.10. The van der Waals surface area contributed by atoms with Gasteiger partial charge in [-0.25, -0.2) is 0 Å². The van der Waals surface area contributed by atoms with Crippen LogP contribution in [0.1, 0.15) is 16.7 Å². The summed E-state index contributed by atoms with van der Waals surface area (Å²) in [6.07, 6.45) is 0. The molecule has 2 heterocycles. The third-order valence-corrected chi connectivity index (χ3v) is 6.10. The fraction of sp³-hybridized carbons (Fsp3) is 0.241. The molecule has 0 saturated heterocycles. The van der Waals surface area contributed by atoms with Crippen LogP contribution in [-0.4, -0.2) is 42.5 Å². The van der Waals surface area contributed by atoms with Gasteiger partial charge in [-0.3, -0.25) is 4.90 Å². The number of ether oxygens (including phenoxy) is 4. The Morgan fingerprint density at radius 3 is 2.50 bits per heavy atom. The number of hydrogen-bond donors (Lipinski definition) is 0. The standard InChI is InChI=1S/C29H29N3O4/c1-33-27-17-23(26-11-12-28(34-2)31-30-26)16-24-19-32(13-14-35-29(24)27)18-22-9-6-10-25(15-22)36-20-21-7-4-3-5-8-21/h3-12,15-17H,13-14,18-20H2,1-2H3. The van der Waals surface area contributed by atoms with Gasteiger partial charge in [0.2, 0.25) is 5.88 Å². The van der Waals surface area contributed by atoms with Crippen LogP contribution in [0.3, 0.4) is 0 Å². The van der Waals surface area contributed by atoms with Crippen molar-refractivity contribution < 1.29 is 18.9 Å². The molecule has 0 saturated carbocycles. The van der Waals surface area contributed by atoms with Gasteiger partial charge in [0.05, 0.1) is 19.9 Å². The highest BCUT2D eigenvalue weighted by Crippen LogP contribution is 2.38. The van der Waals surface area contributed by atoms with Crippen LogP contribution < -0.4 is 18.9 Å². The van der Waals surface area contributed by atoms with E-state index < -0.39 is 0 Å². The van der Waals surface area contributed by atoms with Crippen molar-refractivity contribution in [2.75, 3.05) is 27.4 Å². The first-order chi connectivity index (χ1) is 17.7.